The van der Waals surface area contributed by atoms with Crippen LogP contribution in [-0.4, -0.2) is 42.0 Å². The van der Waals surface area contributed by atoms with E-state index in [0.29, 0.717) is 5.13 Å². The third-order valence-electron chi connectivity index (χ3n) is 5.97. The summed E-state index contributed by atoms with van der Waals surface area (Å²) in [6, 6.07) is 30.2. The van der Waals surface area contributed by atoms with Crippen LogP contribution in [0, 0.1) is 0 Å². The van der Waals surface area contributed by atoms with E-state index in [4.69, 9.17) is 0 Å². The lowest BCUT2D eigenvalue weighted by atomic mass is 10.0. The van der Waals surface area contributed by atoms with Crippen molar-refractivity contribution in [1.29, 1.82) is 0 Å². The smallest absolute Gasteiger partial charge is 0.248 e. The number of nitrogens with zero attached hydrogens (tertiary/aromatic N) is 3. The molecular weight excluding hydrogens is 428 g/mol. The zero-order valence-electron chi connectivity index (χ0n) is 18.3. The molecule has 1 aliphatic rings. The Bertz CT molecular complexity index is 1170. The van der Waals surface area contributed by atoms with Gasteiger partial charge >= 0.3 is 0 Å². The van der Waals surface area contributed by atoms with Crippen LogP contribution in [0.5, 0.6) is 0 Å². The van der Waals surface area contributed by atoms with E-state index in [9.17, 15) is 4.79 Å². The van der Waals surface area contributed by atoms with Crippen LogP contribution < -0.4 is 10.2 Å². The molecule has 0 radical (unpaired) electrons. The second-order valence-corrected chi connectivity index (χ2v) is 8.92. The van der Waals surface area contributed by atoms with Crippen molar-refractivity contribution in [3.63, 3.8) is 0 Å². The van der Waals surface area contributed by atoms with Gasteiger partial charge in [-0.25, -0.2) is 4.98 Å². The summed E-state index contributed by atoms with van der Waals surface area (Å²) in [5, 5.41) is 5.70. The zero-order chi connectivity index (χ0) is 22.5. The van der Waals surface area contributed by atoms with Crippen molar-refractivity contribution in [1.82, 2.24) is 9.88 Å². The first-order valence-corrected chi connectivity index (χ1v) is 12.1. The van der Waals surface area contributed by atoms with Gasteiger partial charge in [0.25, 0.3) is 0 Å². The van der Waals surface area contributed by atoms with Crippen molar-refractivity contribution in [2.24, 2.45) is 0 Å². The highest BCUT2D eigenvalue weighted by Gasteiger charge is 2.31. The number of para-hydroxylation sites is 1. The van der Waals surface area contributed by atoms with Gasteiger partial charge in [-0.05, 0) is 17.7 Å². The molecule has 6 heteroatoms. The summed E-state index contributed by atoms with van der Waals surface area (Å²) < 4.78 is 0. The Hall–Kier alpha value is -3.48. The number of hydrogen-bond donors (Lipinski definition) is 1. The van der Waals surface area contributed by atoms with Gasteiger partial charge in [-0.15, -0.1) is 11.3 Å². The van der Waals surface area contributed by atoms with Crippen LogP contribution in [0.1, 0.15) is 11.6 Å². The van der Waals surface area contributed by atoms with E-state index >= 15 is 0 Å². The van der Waals surface area contributed by atoms with Crippen LogP contribution in [-0.2, 0) is 4.79 Å². The van der Waals surface area contributed by atoms with Crippen LogP contribution in [0.2, 0.25) is 0 Å². The molecule has 1 atom stereocenters. The molecule has 1 aliphatic heterocycles. The van der Waals surface area contributed by atoms with E-state index in [-0.39, 0.29) is 11.9 Å². The molecule has 2 heterocycles. The van der Waals surface area contributed by atoms with Gasteiger partial charge in [0.05, 0.1) is 5.69 Å². The number of anilines is 2. The molecule has 1 amide bonds. The summed E-state index contributed by atoms with van der Waals surface area (Å²) >= 11 is 1.46. The molecule has 1 aromatic heterocycles. The normalized spacial score (nSPS) is 15.2. The second-order valence-electron chi connectivity index (χ2n) is 8.06. The summed E-state index contributed by atoms with van der Waals surface area (Å²) in [4.78, 5) is 22.8. The van der Waals surface area contributed by atoms with Gasteiger partial charge in [-0.3, -0.25) is 9.69 Å². The maximum Gasteiger partial charge on any atom is 0.248 e. The van der Waals surface area contributed by atoms with Gasteiger partial charge < -0.3 is 10.2 Å². The average molecular weight is 455 g/mol. The lowest BCUT2D eigenvalue weighted by Gasteiger charge is -2.39. The summed E-state index contributed by atoms with van der Waals surface area (Å²) in [6.07, 6.45) is 0. The molecule has 33 heavy (non-hydrogen) atoms. The molecule has 0 bridgehead atoms. The fraction of sp³-hybridized carbons (Fsp3) is 0.185. The van der Waals surface area contributed by atoms with E-state index in [2.05, 4.69) is 44.4 Å². The van der Waals surface area contributed by atoms with Crippen molar-refractivity contribution in [2.75, 3.05) is 36.4 Å². The molecule has 0 saturated carbocycles. The number of hydrogen-bond acceptors (Lipinski definition) is 5. The Kier molecular flexibility index (Phi) is 6.46. The van der Waals surface area contributed by atoms with Crippen LogP contribution in [0.4, 0.5) is 10.8 Å². The van der Waals surface area contributed by atoms with Crippen LogP contribution in [0.15, 0.2) is 96.4 Å². The Morgan fingerprint density at radius 1 is 0.818 bits per heavy atom. The Morgan fingerprint density at radius 2 is 1.42 bits per heavy atom. The van der Waals surface area contributed by atoms with E-state index in [1.54, 1.807) is 0 Å². The lowest BCUT2D eigenvalue weighted by molar-refractivity contribution is -0.121. The van der Waals surface area contributed by atoms with Crippen LogP contribution in [0.3, 0.4) is 0 Å². The maximum atomic E-state index is 13.5. The van der Waals surface area contributed by atoms with E-state index in [0.717, 1.165) is 43.0 Å². The van der Waals surface area contributed by atoms with Crippen molar-refractivity contribution >= 4 is 28.1 Å². The minimum atomic E-state index is -0.354. The van der Waals surface area contributed by atoms with Crippen molar-refractivity contribution in [2.45, 2.75) is 6.04 Å². The molecular formula is C27H26N4OS. The van der Waals surface area contributed by atoms with Gasteiger partial charge in [0, 0.05) is 42.8 Å². The van der Waals surface area contributed by atoms with Crippen LogP contribution >= 0.6 is 11.3 Å². The number of thiazole rings is 1. The molecule has 166 valence electrons. The lowest BCUT2D eigenvalue weighted by Crippen LogP contribution is -2.50. The van der Waals surface area contributed by atoms with Crippen molar-refractivity contribution < 1.29 is 4.79 Å². The first kappa shape index (κ1) is 21.4. The quantitative estimate of drug-likeness (QED) is 0.429. The topological polar surface area (TPSA) is 48.5 Å². The summed E-state index contributed by atoms with van der Waals surface area (Å²) in [6.45, 7) is 3.40. The number of piperazine rings is 1. The zero-order valence-corrected chi connectivity index (χ0v) is 19.1. The SMILES string of the molecule is O=C(Nc1nc(-c2ccccc2)cs1)[C@H](c1ccccc1)N1CCN(c2ccccc2)CC1. The van der Waals surface area contributed by atoms with E-state index in [1.165, 1.54) is 17.0 Å². The fourth-order valence-corrected chi connectivity index (χ4v) is 5.01. The number of nitrogens with one attached hydrogen (secondary N) is 1. The van der Waals surface area contributed by atoms with Crippen LogP contribution in [0.25, 0.3) is 11.3 Å². The van der Waals surface area contributed by atoms with Crippen molar-refractivity contribution in [3.8, 4) is 11.3 Å². The van der Waals surface area contributed by atoms with E-state index < -0.39 is 0 Å². The highest BCUT2D eigenvalue weighted by atomic mass is 32.1. The number of rotatable bonds is 6. The summed E-state index contributed by atoms with van der Waals surface area (Å²) in [7, 11) is 0. The Labute approximate surface area is 198 Å². The number of carbonyl (C=O) groups is 1. The molecule has 0 unspecified atom stereocenters. The number of amides is 1. The molecule has 1 fully saturated rings. The maximum absolute atomic E-state index is 13.5. The predicted octanol–water partition coefficient (Wildman–Crippen LogP) is 5.31. The molecule has 3 aromatic carbocycles. The molecule has 5 rings (SSSR count). The van der Waals surface area contributed by atoms with Gasteiger partial charge in [-0.2, -0.15) is 0 Å². The Balaban J connectivity index is 1.32. The largest absolute Gasteiger partial charge is 0.369 e. The second kappa shape index (κ2) is 9.98. The highest BCUT2D eigenvalue weighted by molar-refractivity contribution is 7.14. The Morgan fingerprint density at radius 3 is 2.09 bits per heavy atom. The summed E-state index contributed by atoms with van der Waals surface area (Å²) in [5.41, 5.74) is 4.16. The van der Waals surface area contributed by atoms with Gasteiger partial charge in [0.15, 0.2) is 5.13 Å². The monoisotopic (exact) mass is 454 g/mol. The standard InChI is InChI=1S/C27H26N4OS/c32-26(29-27-28-24(20-33-27)21-10-4-1-5-11-21)25(22-12-6-2-7-13-22)31-18-16-30(17-19-31)23-14-8-3-9-15-23/h1-15,20,25H,16-19H2,(H,28,29,32)/t25-/m0/s1. The molecule has 0 spiro atoms. The van der Waals surface area contributed by atoms with E-state index in [1.807, 2.05) is 72.1 Å². The minimum Gasteiger partial charge on any atom is -0.369 e. The summed E-state index contributed by atoms with van der Waals surface area (Å²) in [5.74, 6) is -0.0386. The molecule has 5 nitrogen and oxygen atoms in total. The highest BCUT2D eigenvalue weighted by Crippen LogP contribution is 2.28. The third kappa shape index (κ3) is 4.97. The van der Waals surface area contributed by atoms with Gasteiger partial charge in [0.2, 0.25) is 5.91 Å². The van der Waals surface area contributed by atoms with Gasteiger partial charge in [-0.1, -0.05) is 78.9 Å². The molecule has 1 N–H and O–H groups in total. The average Bonchev–Trinajstić information content (AvgIpc) is 3.35. The molecule has 1 saturated heterocycles. The fourth-order valence-electron chi connectivity index (χ4n) is 4.29. The van der Waals surface area contributed by atoms with Crippen molar-refractivity contribution in [3.05, 3.63) is 102 Å². The number of benzene rings is 3. The first-order valence-electron chi connectivity index (χ1n) is 11.2. The van der Waals surface area contributed by atoms with Gasteiger partial charge in [0.1, 0.15) is 6.04 Å². The first-order chi connectivity index (χ1) is 16.3. The number of carbonyl (C=O) groups excluding carboxylic acids is 1. The minimum absolute atomic E-state index is 0.0386. The molecule has 4 aromatic rings. The molecule has 0 aliphatic carbocycles. The predicted molar refractivity (Wildman–Crippen MR) is 136 cm³/mol. The number of aromatic nitrogens is 1. The third-order valence-corrected chi connectivity index (χ3v) is 6.73.